The Morgan fingerprint density at radius 1 is 1.35 bits per heavy atom. The number of carbonyl (C=O) groups excluding carboxylic acids is 1. The summed E-state index contributed by atoms with van der Waals surface area (Å²) in [5.41, 5.74) is 1.25. The van der Waals surface area contributed by atoms with Gasteiger partial charge in [0.25, 0.3) is 0 Å². The average Bonchev–Trinajstić information content (AvgIpc) is 2.76. The highest BCUT2D eigenvalue weighted by Crippen LogP contribution is 2.25. The Labute approximate surface area is 136 Å². The van der Waals surface area contributed by atoms with Crippen LogP contribution in [0.1, 0.15) is 17.5 Å². The van der Waals surface area contributed by atoms with Crippen LogP contribution in [-0.2, 0) is 14.8 Å². The molecule has 1 heterocycles. The van der Waals surface area contributed by atoms with Crippen LogP contribution in [0.25, 0.3) is 0 Å². The van der Waals surface area contributed by atoms with Gasteiger partial charge in [-0.25, -0.2) is 17.9 Å². The molecule has 1 atom stereocenters. The molecule has 7 nitrogen and oxygen atoms in total. The highest BCUT2D eigenvalue weighted by Gasteiger charge is 2.28. The van der Waals surface area contributed by atoms with E-state index in [0.29, 0.717) is 29.8 Å². The van der Waals surface area contributed by atoms with Crippen molar-refractivity contribution < 1.29 is 22.7 Å². The van der Waals surface area contributed by atoms with E-state index >= 15 is 0 Å². The molecule has 1 aromatic carbocycles. The summed E-state index contributed by atoms with van der Waals surface area (Å²) < 4.78 is 37.8. The van der Waals surface area contributed by atoms with Gasteiger partial charge in [-0.15, -0.1) is 0 Å². The first-order chi connectivity index (χ1) is 10.7. The Hall–Kier alpha value is -1.80. The molecule has 1 saturated heterocycles. The zero-order valence-electron chi connectivity index (χ0n) is 13.8. The average molecular weight is 342 g/mol. The smallest absolute Gasteiger partial charge is 0.409 e. The summed E-state index contributed by atoms with van der Waals surface area (Å²) in [7, 11) is -0.433. The molecule has 8 heteroatoms. The van der Waals surface area contributed by atoms with Gasteiger partial charge in [-0.2, -0.15) is 0 Å². The molecule has 0 aliphatic carbocycles. The molecule has 1 fully saturated rings. The normalized spacial score (nSPS) is 18.2. The molecule has 0 radical (unpaired) electrons. The minimum Gasteiger partial charge on any atom is -0.497 e. The number of methoxy groups -OCH3 is 1. The van der Waals surface area contributed by atoms with Crippen LogP contribution in [0.3, 0.4) is 0 Å². The maximum Gasteiger partial charge on any atom is 0.409 e. The molecular formula is C15H22N2O5S. The van der Waals surface area contributed by atoms with E-state index in [1.807, 2.05) is 0 Å². The number of carbonyl (C=O) groups is 1. The van der Waals surface area contributed by atoms with Crippen molar-refractivity contribution in [1.82, 2.24) is 9.62 Å². The lowest BCUT2D eigenvalue weighted by atomic mass is 10.1. The number of aryl methyl sites for hydroxylation is 2. The van der Waals surface area contributed by atoms with Crippen LogP contribution < -0.4 is 9.46 Å². The number of benzene rings is 1. The quantitative estimate of drug-likeness (QED) is 0.845. The number of likely N-dealkylation sites (N-methyl/N-ethyl adjacent to an activating group) is 1. The van der Waals surface area contributed by atoms with Crippen LogP contribution in [-0.4, -0.2) is 52.8 Å². The van der Waals surface area contributed by atoms with Crippen molar-refractivity contribution >= 4 is 16.1 Å². The molecule has 0 spiro atoms. The third-order valence-corrected chi connectivity index (χ3v) is 5.52. The maximum absolute atomic E-state index is 12.5. The molecule has 0 aromatic heterocycles. The minimum atomic E-state index is -3.62. The molecule has 1 unspecified atom stereocenters. The monoisotopic (exact) mass is 342 g/mol. The van der Waals surface area contributed by atoms with Gasteiger partial charge in [-0.05, 0) is 43.5 Å². The summed E-state index contributed by atoms with van der Waals surface area (Å²) in [6.45, 7) is 4.15. The van der Waals surface area contributed by atoms with Crippen LogP contribution in [0.4, 0.5) is 4.79 Å². The lowest BCUT2D eigenvalue weighted by Gasteiger charge is -2.14. The van der Waals surface area contributed by atoms with Gasteiger partial charge in [-0.1, -0.05) is 0 Å². The summed E-state index contributed by atoms with van der Waals surface area (Å²) in [6, 6.07) is 3.38. The Kier molecular flexibility index (Phi) is 5.16. The summed E-state index contributed by atoms with van der Waals surface area (Å²) in [6.07, 6.45) is -0.225. The minimum absolute atomic E-state index is 0.207. The highest BCUT2D eigenvalue weighted by molar-refractivity contribution is 7.89. The van der Waals surface area contributed by atoms with Crippen molar-refractivity contribution in [1.29, 1.82) is 0 Å². The number of sulfonamides is 1. The van der Waals surface area contributed by atoms with Gasteiger partial charge >= 0.3 is 6.09 Å². The Morgan fingerprint density at radius 2 is 1.96 bits per heavy atom. The zero-order valence-corrected chi connectivity index (χ0v) is 14.6. The Morgan fingerprint density at radius 3 is 2.43 bits per heavy atom. The van der Waals surface area contributed by atoms with E-state index in [9.17, 15) is 13.2 Å². The second kappa shape index (κ2) is 6.76. The van der Waals surface area contributed by atoms with E-state index < -0.39 is 10.0 Å². The highest BCUT2D eigenvalue weighted by atomic mass is 32.2. The number of hydrogen-bond donors (Lipinski definition) is 1. The Balaban J connectivity index is 2.04. The molecule has 23 heavy (non-hydrogen) atoms. The van der Waals surface area contributed by atoms with E-state index in [1.54, 1.807) is 40.1 Å². The molecule has 1 aliphatic heterocycles. The fourth-order valence-corrected chi connectivity index (χ4v) is 4.18. The van der Waals surface area contributed by atoms with Gasteiger partial charge in [0, 0.05) is 13.6 Å². The van der Waals surface area contributed by atoms with Gasteiger partial charge in [0.1, 0.15) is 11.9 Å². The molecule has 128 valence electrons. The third kappa shape index (κ3) is 3.94. The second-order valence-corrected chi connectivity index (χ2v) is 7.37. The Bertz CT molecular complexity index is 679. The van der Waals surface area contributed by atoms with Gasteiger partial charge in [-0.3, -0.25) is 0 Å². The van der Waals surface area contributed by atoms with Crippen molar-refractivity contribution in [3.05, 3.63) is 23.3 Å². The SMILES string of the molecule is COc1cc(C)c(S(=O)(=O)NCCC2CN(C)C(=O)O2)c(C)c1. The summed E-state index contributed by atoms with van der Waals surface area (Å²) in [5.74, 6) is 0.625. The lowest BCUT2D eigenvalue weighted by Crippen LogP contribution is -2.29. The van der Waals surface area contributed by atoms with Crippen molar-refractivity contribution in [2.45, 2.75) is 31.3 Å². The van der Waals surface area contributed by atoms with Crippen molar-refractivity contribution in [2.75, 3.05) is 27.2 Å². The second-order valence-electron chi connectivity index (χ2n) is 5.66. The zero-order chi connectivity index (χ0) is 17.2. The maximum atomic E-state index is 12.5. The van der Waals surface area contributed by atoms with Crippen LogP contribution in [0.2, 0.25) is 0 Å². The van der Waals surface area contributed by atoms with E-state index in [-0.39, 0.29) is 23.6 Å². The molecule has 0 bridgehead atoms. The van der Waals surface area contributed by atoms with Gasteiger partial charge < -0.3 is 14.4 Å². The van der Waals surface area contributed by atoms with Crippen LogP contribution in [0, 0.1) is 13.8 Å². The van der Waals surface area contributed by atoms with Gasteiger partial charge in [0.05, 0.1) is 18.6 Å². The fraction of sp³-hybridized carbons (Fsp3) is 0.533. The number of hydrogen-bond acceptors (Lipinski definition) is 5. The molecule has 2 rings (SSSR count). The first-order valence-electron chi connectivity index (χ1n) is 7.31. The third-order valence-electron chi connectivity index (χ3n) is 3.75. The number of ether oxygens (including phenoxy) is 2. The molecule has 1 aliphatic rings. The van der Waals surface area contributed by atoms with Crippen molar-refractivity contribution in [3.8, 4) is 5.75 Å². The molecule has 0 saturated carbocycles. The predicted octanol–water partition coefficient (Wildman–Crippen LogP) is 1.43. The molecule has 1 aromatic rings. The number of cyclic esters (lactones) is 1. The molecule has 1 amide bonds. The summed E-state index contributed by atoms with van der Waals surface area (Å²) >= 11 is 0. The predicted molar refractivity (Wildman–Crippen MR) is 85.2 cm³/mol. The van der Waals surface area contributed by atoms with Crippen LogP contribution >= 0.6 is 0 Å². The van der Waals surface area contributed by atoms with E-state index in [2.05, 4.69) is 4.72 Å². The topological polar surface area (TPSA) is 84.9 Å². The van der Waals surface area contributed by atoms with Crippen molar-refractivity contribution in [2.24, 2.45) is 0 Å². The number of nitrogens with zero attached hydrogens (tertiary/aromatic N) is 1. The van der Waals surface area contributed by atoms with Crippen LogP contribution in [0.5, 0.6) is 5.75 Å². The van der Waals surface area contributed by atoms with Gasteiger partial charge in [0.2, 0.25) is 10.0 Å². The first kappa shape index (κ1) is 17.6. The van der Waals surface area contributed by atoms with E-state index in [4.69, 9.17) is 9.47 Å². The molecular weight excluding hydrogens is 320 g/mol. The van der Waals surface area contributed by atoms with Crippen LogP contribution in [0.15, 0.2) is 17.0 Å². The fourth-order valence-electron chi connectivity index (χ4n) is 2.68. The molecule has 1 N–H and O–H groups in total. The number of rotatable bonds is 6. The summed E-state index contributed by atoms with van der Waals surface area (Å²) in [5, 5.41) is 0. The van der Waals surface area contributed by atoms with Gasteiger partial charge in [0.15, 0.2) is 0 Å². The summed E-state index contributed by atoms with van der Waals surface area (Å²) in [4.78, 5) is 13.0. The number of nitrogens with one attached hydrogen (secondary N) is 1. The number of amides is 1. The van der Waals surface area contributed by atoms with E-state index in [0.717, 1.165) is 0 Å². The lowest BCUT2D eigenvalue weighted by molar-refractivity contribution is 0.131. The van der Waals surface area contributed by atoms with Crippen molar-refractivity contribution in [3.63, 3.8) is 0 Å². The standard InChI is InChI=1S/C15H22N2O5S/c1-10-7-13(21-4)8-11(2)14(10)23(19,20)16-6-5-12-9-17(3)15(18)22-12/h7-8,12,16H,5-6,9H2,1-4H3. The largest absolute Gasteiger partial charge is 0.497 e. The van der Waals surface area contributed by atoms with E-state index in [1.165, 1.54) is 4.90 Å². The first-order valence-corrected chi connectivity index (χ1v) is 8.79.